The van der Waals surface area contributed by atoms with Crippen molar-refractivity contribution in [2.75, 3.05) is 38.2 Å². The summed E-state index contributed by atoms with van der Waals surface area (Å²) in [6.45, 7) is 10.6. The number of amides is 1. The predicted molar refractivity (Wildman–Crippen MR) is 144 cm³/mol. The molecular weight excluding hydrogens is 498 g/mol. The molecule has 3 aliphatic heterocycles. The topological polar surface area (TPSA) is 142 Å². The molecule has 3 aliphatic rings. The number of carbonyl (C=O) groups is 1. The van der Waals surface area contributed by atoms with Crippen LogP contribution >= 0.6 is 0 Å². The summed E-state index contributed by atoms with van der Waals surface area (Å²) in [5, 5.41) is 14.6. The minimum Gasteiger partial charge on any atom is -0.416 e. The largest absolute Gasteiger partial charge is 0.416 e. The molecule has 2 aromatic heterocycles. The number of ether oxygens (including phenoxy) is 1. The van der Waals surface area contributed by atoms with Crippen molar-refractivity contribution < 1.29 is 13.9 Å². The fraction of sp³-hybridized carbons (Fsp3) is 0.519. The van der Waals surface area contributed by atoms with Crippen LogP contribution in [0.3, 0.4) is 0 Å². The molecule has 0 bridgehead atoms. The molecule has 0 saturated carbocycles. The second kappa shape index (κ2) is 10.6. The molecule has 1 amide bonds. The Balaban J connectivity index is 1.26. The maximum Gasteiger partial charge on any atom is 0.309 e. The van der Waals surface area contributed by atoms with Crippen molar-refractivity contribution in [3.05, 3.63) is 53.4 Å². The average Bonchev–Trinajstić information content (AvgIpc) is 3.55. The molecule has 2 saturated heterocycles. The lowest BCUT2D eigenvalue weighted by Gasteiger charge is -2.36. The summed E-state index contributed by atoms with van der Waals surface area (Å²) in [5.41, 5.74) is 9.98. The van der Waals surface area contributed by atoms with Gasteiger partial charge in [-0.1, -0.05) is 32.9 Å². The Morgan fingerprint density at radius 3 is 2.67 bits per heavy atom. The number of anilines is 1. The number of hydrogen-bond acceptors (Lipinski definition) is 11. The highest BCUT2D eigenvalue weighted by molar-refractivity contribution is 5.89. The van der Waals surface area contributed by atoms with E-state index < -0.39 is 0 Å². The van der Waals surface area contributed by atoms with Crippen molar-refractivity contribution >= 4 is 11.9 Å². The minimum absolute atomic E-state index is 0.0136. The highest BCUT2D eigenvalue weighted by Crippen LogP contribution is 2.32. The molecule has 3 aromatic rings. The van der Waals surface area contributed by atoms with Crippen molar-refractivity contribution in [3.8, 4) is 11.3 Å². The van der Waals surface area contributed by atoms with Gasteiger partial charge in [-0.25, -0.2) is 9.97 Å². The molecule has 0 spiro atoms. The van der Waals surface area contributed by atoms with Gasteiger partial charge in [0.1, 0.15) is 0 Å². The second-order valence-electron chi connectivity index (χ2n) is 11.4. The molecule has 5 heterocycles. The van der Waals surface area contributed by atoms with Crippen LogP contribution in [0, 0.1) is 0 Å². The normalized spacial score (nSPS) is 20.7. The highest BCUT2D eigenvalue weighted by atomic mass is 16.5. The van der Waals surface area contributed by atoms with Crippen LogP contribution in [-0.4, -0.2) is 75.9 Å². The fourth-order valence-corrected chi connectivity index (χ4v) is 5.06. The van der Waals surface area contributed by atoms with E-state index in [1.165, 1.54) is 0 Å². The number of hydrazine groups is 1. The molecule has 2 fully saturated rings. The van der Waals surface area contributed by atoms with Gasteiger partial charge in [-0.3, -0.25) is 20.5 Å². The van der Waals surface area contributed by atoms with E-state index in [4.69, 9.17) is 14.1 Å². The van der Waals surface area contributed by atoms with Crippen LogP contribution in [0.2, 0.25) is 0 Å². The third-order valence-corrected chi connectivity index (χ3v) is 7.41. The molecule has 4 N–H and O–H groups in total. The van der Waals surface area contributed by atoms with Gasteiger partial charge in [0.2, 0.25) is 11.8 Å². The minimum atomic E-state index is -0.360. The van der Waals surface area contributed by atoms with Gasteiger partial charge in [-0.15, -0.1) is 10.2 Å². The lowest BCUT2D eigenvalue weighted by Crippen LogP contribution is -2.48. The molecule has 1 aromatic carbocycles. The maximum atomic E-state index is 13.2. The molecule has 0 radical (unpaired) electrons. The van der Waals surface area contributed by atoms with Gasteiger partial charge < -0.3 is 19.8 Å². The van der Waals surface area contributed by atoms with E-state index in [1.54, 1.807) is 6.20 Å². The van der Waals surface area contributed by atoms with E-state index in [0.29, 0.717) is 17.9 Å². The van der Waals surface area contributed by atoms with Crippen molar-refractivity contribution in [1.29, 1.82) is 0 Å². The zero-order valence-electron chi connectivity index (χ0n) is 22.5. The lowest BCUT2D eigenvalue weighted by atomic mass is 9.96. The number of nitrogens with one attached hydrogen (secondary N) is 4. The molecule has 206 valence electrons. The first-order chi connectivity index (χ1) is 18.8. The maximum absolute atomic E-state index is 13.2. The molecular formula is C27H35N9O3. The summed E-state index contributed by atoms with van der Waals surface area (Å²) in [6, 6.07) is 8.69. The van der Waals surface area contributed by atoms with Crippen LogP contribution in [0.1, 0.15) is 60.9 Å². The quantitative estimate of drug-likeness (QED) is 0.368. The van der Waals surface area contributed by atoms with Crippen LogP contribution < -0.4 is 21.5 Å². The molecule has 0 aliphatic carbocycles. The van der Waals surface area contributed by atoms with E-state index in [1.807, 2.05) is 26.8 Å². The van der Waals surface area contributed by atoms with E-state index in [2.05, 4.69) is 59.8 Å². The first-order valence-electron chi connectivity index (χ1n) is 13.5. The van der Waals surface area contributed by atoms with E-state index in [-0.39, 0.29) is 29.3 Å². The Morgan fingerprint density at radius 2 is 1.95 bits per heavy atom. The standard InChI is InChI=1S/C27H35N9O3/c1-27(2,3)25-35-34-24(39-25)23(37)32-22-7-9-36(19-14-38-15-19)13-17-10-16(4-5-20(17)22)21-6-8-28-26(33-21)31-18-11-29-30-12-18/h4-6,8,10,18-19,22,29-30H,7,9,11-15H2,1-3H3,(H,32,37)(H,28,31,33). The molecule has 1 unspecified atom stereocenters. The third-order valence-electron chi connectivity index (χ3n) is 7.41. The first kappa shape index (κ1) is 25.8. The van der Waals surface area contributed by atoms with Crippen LogP contribution in [0.25, 0.3) is 11.3 Å². The Kier molecular flexibility index (Phi) is 7.02. The van der Waals surface area contributed by atoms with Crippen LogP contribution in [-0.2, 0) is 16.7 Å². The third kappa shape index (κ3) is 5.64. The Morgan fingerprint density at radius 1 is 1.13 bits per heavy atom. The average molecular weight is 534 g/mol. The van der Waals surface area contributed by atoms with Crippen molar-refractivity contribution in [2.45, 2.75) is 57.3 Å². The Bertz CT molecular complexity index is 1330. The summed E-state index contributed by atoms with van der Waals surface area (Å²) < 4.78 is 11.2. The summed E-state index contributed by atoms with van der Waals surface area (Å²) >= 11 is 0. The Labute approximate surface area is 227 Å². The van der Waals surface area contributed by atoms with Crippen LogP contribution in [0.5, 0.6) is 0 Å². The number of aromatic nitrogens is 4. The van der Waals surface area contributed by atoms with Gasteiger partial charge in [-0.05, 0) is 29.7 Å². The summed E-state index contributed by atoms with van der Waals surface area (Å²) in [4.78, 5) is 24.8. The zero-order chi connectivity index (χ0) is 27.0. The summed E-state index contributed by atoms with van der Waals surface area (Å²) in [6.07, 6.45) is 2.54. The second-order valence-corrected chi connectivity index (χ2v) is 11.4. The van der Waals surface area contributed by atoms with Gasteiger partial charge in [0.15, 0.2) is 0 Å². The molecule has 39 heavy (non-hydrogen) atoms. The molecule has 1 atom stereocenters. The monoisotopic (exact) mass is 533 g/mol. The molecule has 12 heteroatoms. The number of hydrogen-bond donors (Lipinski definition) is 4. The Hall–Kier alpha value is -3.45. The predicted octanol–water partition coefficient (Wildman–Crippen LogP) is 1.79. The number of fused-ring (bicyclic) bond motifs is 1. The highest BCUT2D eigenvalue weighted by Gasteiger charge is 2.32. The first-order valence-corrected chi connectivity index (χ1v) is 13.5. The fourth-order valence-electron chi connectivity index (χ4n) is 5.06. The van der Waals surface area contributed by atoms with E-state index in [9.17, 15) is 4.79 Å². The van der Waals surface area contributed by atoms with Gasteiger partial charge in [0.25, 0.3) is 0 Å². The van der Waals surface area contributed by atoms with Crippen molar-refractivity contribution in [3.63, 3.8) is 0 Å². The van der Waals surface area contributed by atoms with Gasteiger partial charge in [0, 0.05) is 43.4 Å². The summed E-state index contributed by atoms with van der Waals surface area (Å²) in [7, 11) is 0. The van der Waals surface area contributed by atoms with Crippen LogP contribution in [0.4, 0.5) is 5.95 Å². The van der Waals surface area contributed by atoms with Gasteiger partial charge in [0.05, 0.1) is 37.0 Å². The van der Waals surface area contributed by atoms with Crippen LogP contribution in [0.15, 0.2) is 34.9 Å². The smallest absolute Gasteiger partial charge is 0.309 e. The number of carbonyl (C=O) groups excluding carboxylic acids is 1. The number of benzene rings is 1. The zero-order valence-corrected chi connectivity index (χ0v) is 22.5. The number of nitrogens with zero attached hydrogens (tertiary/aromatic N) is 5. The van der Waals surface area contributed by atoms with Crippen molar-refractivity contribution in [1.82, 2.24) is 41.2 Å². The van der Waals surface area contributed by atoms with Gasteiger partial charge >= 0.3 is 11.8 Å². The lowest BCUT2D eigenvalue weighted by molar-refractivity contribution is -0.0678. The molecule has 12 nitrogen and oxygen atoms in total. The molecule has 6 rings (SSSR count). The number of rotatable bonds is 6. The SMILES string of the molecule is CC(C)(C)c1nnc(C(=O)NC2CCN(C3COC3)Cc3cc(-c4ccnc(NC5CNNC5)n4)ccc32)o1. The van der Waals surface area contributed by atoms with E-state index >= 15 is 0 Å². The summed E-state index contributed by atoms with van der Waals surface area (Å²) in [5.74, 6) is 0.667. The van der Waals surface area contributed by atoms with Gasteiger partial charge in [-0.2, -0.15) is 0 Å². The van der Waals surface area contributed by atoms with Crippen molar-refractivity contribution in [2.24, 2.45) is 0 Å². The van der Waals surface area contributed by atoms with E-state index in [0.717, 1.165) is 68.2 Å².